The average Bonchev–Trinajstić information content (AvgIpc) is 2.88. The van der Waals surface area contributed by atoms with Crippen molar-refractivity contribution < 1.29 is 4.42 Å². The van der Waals surface area contributed by atoms with E-state index in [4.69, 9.17) is 4.42 Å². The quantitative estimate of drug-likeness (QED) is 0.837. The molecule has 1 atom stereocenters. The largest absolute Gasteiger partial charge is 0.440 e. The van der Waals surface area contributed by atoms with Gasteiger partial charge in [0.05, 0.1) is 0 Å². The SMILES string of the molecule is Cc1cccc2nc(CC3CCNC3)oc12. The highest BCUT2D eigenvalue weighted by molar-refractivity contribution is 5.75. The van der Waals surface area contributed by atoms with Gasteiger partial charge in [0.2, 0.25) is 0 Å². The first-order valence-corrected chi connectivity index (χ1v) is 5.88. The number of aromatic nitrogens is 1. The topological polar surface area (TPSA) is 38.1 Å². The summed E-state index contributed by atoms with van der Waals surface area (Å²) in [5.41, 5.74) is 3.10. The summed E-state index contributed by atoms with van der Waals surface area (Å²) >= 11 is 0. The van der Waals surface area contributed by atoms with E-state index in [1.807, 2.05) is 12.1 Å². The number of hydrogen-bond donors (Lipinski definition) is 1. The van der Waals surface area contributed by atoms with Gasteiger partial charge in [-0.05, 0) is 44.0 Å². The number of fused-ring (bicyclic) bond motifs is 1. The lowest BCUT2D eigenvalue weighted by Crippen LogP contribution is -2.10. The van der Waals surface area contributed by atoms with E-state index in [0.717, 1.165) is 36.5 Å². The van der Waals surface area contributed by atoms with Crippen LogP contribution in [-0.4, -0.2) is 18.1 Å². The van der Waals surface area contributed by atoms with Crippen LogP contribution >= 0.6 is 0 Å². The Kier molecular flexibility index (Phi) is 2.40. The monoisotopic (exact) mass is 216 g/mol. The first-order valence-electron chi connectivity index (χ1n) is 5.88. The van der Waals surface area contributed by atoms with Gasteiger partial charge in [-0.1, -0.05) is 12.1 Å². The molecule has 3 nitrogen and oxygen atoms in total. The Morgan fingerprint density at radius 1 is 1.50 bits per heavy atom. The van der Waals surface area contributed by atoms with Crippen LogP contribution in [0.1, 0.15) is 17.9 Å². The van der Waals surface area contributed by atoms with Crippen LogP contribution in [0.3, 0.4) is 0 Å². The zero-order valence-electron chi connectivity index (χ0n) is 9.49. The van der Waals surface area contributed by atoms with E-state index in [1.54, 1.807) is 0 Å². The fraction of sp³-hybridized carbons (Fsp3) is 0.462. The van der Waals surface area contributed by atoms with Gasteiger partial charge in [-0.3, -0.25) is 0 Å². The van der Waals surface area contributed by atoms with E-state index < -0.39 is 0 Å². The minimum atomic E-state index is 0.688. The first-order chi connectivity index (χ1) is 7.83. The lowest BCUT2D eigenvalue weighted by atomic mass is 10.1. The predicted molar refractivity (Wildman–Crippen MR) is 63.4 cm³/mol. The standard InChI is InChI=1S/C13H16N2O/c1-9-3-2-4-11-13(9)16-12(15-11)7-10-5-6-14-8-10/h2-4,10,14H,5-8H2,1H3. The second-order valence-electron chi connectivity index (χ2n) is 4.59. The highest BCUT2D eigenvalue weighted by atomic mass is 16.3. The molecule has 2 aromatic rings. The van der Waals surface area contributed by atoms with Gasteiger partial charge in [-0.25, -0.2) is 4.98 Å². The maximum absolute atomic E-state index is 5.82. The van der Waals surface area contributed by atoms with Crippen molar-refractivity contribution in [3.8, 4) is 0 Å². The van der Waals surface area contributed by atoms with E-state index in [-0.39, 0.29) is 0 Å². The van der Waals surface area contributed by atoms with Crippen LogP contribution in [-0.2, 0) is 6.42 Å². The van der Waals surface area contributed by atoms with Crippen LogP contribution in [0.2, 0.25) is 0 Å². The first kappa shape index (κ1) is 9.85. The summed E-state index contributed by atoms with van der Waals surface area (Å²) in [4.78, 5) is 4.54. The van der Waals surface area contributed by atoms with Crippen molar-refractivity contribution in [2.24, 2.45) is 5.92 Å². The summed E-state index contributed by atoms with van der Waals surface area (Å²) in [5, 5.41) is 3.37. The number of para-hydroxylation sites is 1. The van der Waals surface area contributed by atoms with Crippen molar-refractivity contribution in [2.45, 2.75) is 19.8 Å². The molecule has 0 aliphatic carbocycles. The molecule has 1 aromatic heterocycles. The third-order valence-corrected chi connectivity index (χ3v) is 3.28. The molecule has 84 valence electrons. The van der Waals surface area contributed by atoms with E-state index in [2.05, 4.69) is 23.3 Å². The van der Waals surface area contributed by atoms with Crippen molar-refractivity contribution in [3.63, 3.8) is 0 Å². The van der Waals surface area contributed by atoms with Crippen LogP contribution in [0.4, 0.5) is 0 Å². The minimum Gasteiger partial charge on any atom is -0.440 e. The second-order valence-corrected chi connectivity index (χ2v) is 4.59. The van der Waals surface area contributed by atoms with E-state index in [1.165, 1.54) is 12.0 Å². The van der Waals surface area contributed by atoms with Gasteiger partial charge in [-0.15, -0.1) is 0 Å². The molecule has 1 aliphatic rings. The normalized spacial score (nSPS) is 20.7. The summed E-state index contributed by atoms with van der Waals surface area (Å²) in [6.07, 6.45) is 2.19. The van der Waals surface area contributed by atoms with Crippen LogP contribution in [0.15, 0.2) is 22.6 Å². The maximum atomic E-state index is 5.82. The Morgan fingerprint density at radius 2 is 2.44 bits per heavy atom. The summed E-state index contributed by atoms with van der Waals surface area (Å²) in [5.74, 6) is 1.58. The number of oxazole rings is 1. The summed E-state index contributed by atoms with van der Waals surface area (Å²) < 4.78 is 5.82. The Labute approximate surface area is 94.9 Å². The van der Waals surface area contributed by atoms with Gasteiger partial charge in [0.25, 0.3) is 0 Å². The van der Waals surface area contributed by atoms with Crippen molar-refractivity contribution in [1.29, 1.82) is 0 Å². The van der Waals surface area contributed by atoms with E-state index >= 15 is 0 Å². The van der Waals surface area contributed by atoms with Crippen molar-refractivity contribution in [2.75, 3.05) is 13.1 Å². The molecule has 1 aromatic carbocycles. The van der Waals surface area contributed by atoms with Crippen LogP contribution in [0.25, 0.3) is 11.1 Å². The lowest BCUT2D eigenvalue weighted by molar-refractivity contribution is 0.462. The number of nitrogens with one attached hydrogen (secondary N) is 1. The van der Waals surface area contributed by atoms with Gasteiger partial charge < -0.3 is 9.73 Å². The van der Waals surface area contributed by atoms with E-state index in [0.29, 0.717) is 5.92 Å². The summed E-state index contributed by atoms with van der Waals surface area (Å²) in [7, 11) is 0. The molecule has 1 N–H and O–H groups in total. The third kappa shape index (κ3) is 1.71. The minimum absolute atomic E-state index is 0.688. The van der Waals surface area contributed by atoms with Crippen molar-refractivity contribution >= 4 is 11.1 Å². The summed E-state index contributed by atoms with van der Waals surface area (Å²) in [6, 6.07) is 6.11. The van der Waals surface area contributed by atoms with Crippen LogP contribution < -0.4 is 5.32 Å². The second kappa shape index (κ2) is 3.91. The Bertz CT molecular complexity index is 498. The van der Waals surface area contributed by atoms with Gasteiger partial charge >= 0.3 is 0 Å². The molecule has 0 amide bonds. The highest BCUT2D eigenvalue weighted by Gasteiger charge is 2.18. The van der Waals surface area contributed by atoms with Crippen molar-refractivity contribution in [1.82, 2.24) is 10.3 Å². The molecule has 16 heavy (non-hydrogen) atoms. The molecule has 2 heterocycles. The molecular weight excluding hydrogens is 200 g/mol. The number of nitrogens with zero attached hydrogens (tertiary/aromatic N) is 1. The molecule has 1 saturated heterocycles. The highest BCUT2D eigenvalue weighted by Crippen LogP contribution is 2.22. The zero-order chi connectivity index (χ0) is 11.0. The maximum Gasteiger partial charge on any atom is 0.195 e. The van der Waals surface area contributed by atoms with Gasteiger partial charge in [0.1, 0.15) is 5.52 Å². The van der Waals surface area contributed by atoms with E-state index in [9.17, 15) is 0 Å². The molecule has 0 bridgehead atoms. The molecule has 1 aliphatic heterocycles. The summed E-state index contributed by atoms with van der Waals surface area (Å²) in [6.45, 7) is 4.29. The van der Waals surface area contributed by atoms with Crippen LogP contribution in [0.5, 0.6) is 0 Å². The Balaban J connectivity index is 1.90. The molecule has 3 rings (SSSR count). The molecule has 1 fully saturated rings. The van der Waals surface area contributed by atoms with Gasteiger partial charge in [0.15, 0.2) is 11.5 Å². The number of rotatable bonds is 2. The molecule has 3 heteroatoms. The average molecular weight is 216 g/mol. The van der Waals surface area contributed by atoms with Gasteiger partial charge in [-0.2, -0.15) is 0 Å². The smallest absolute Gasteiger partial charge is 0.195 e. The predicted octanol–water partition coefficient (Wildman–Crippen LogP) is 2.29. The Hall–Kier alpha value is -1.35. The molecule has 0 saturated carbocycles. The van der Waals surface area contributed by atoms with Crippen LogP contribution in [0, 0.1) is 12.8 Å². The van der Waals surface area contributed by atoms with Gasteiger partial charge in [0, 0.05) is 6.42 Å². The molecule has 1 unspecified atom stereocenters. The number of aryl methyl sites for hydroxylation is 1. The number of hydrogen-bond acceptors (Lipinski definition) is 3. The molecular formula is C13H16N2O. The fourth-order valence-corrected chi connectivity index (χ4v) is 2.36. The third-order valence-electron chi connectivity index (χ3n) is 3.28. The zero-order valence-corrected chi connectivity index (χ0v) is 9.49. The molecule has 0 radical (unpaired) electrons. The lowest BCUT2D eigenvalue weighted by Gasteiger charge is -2.02. The molecule has 0 spiro atoms. The fourth-order valence-electron chi connectivity index (χ4n) is 2.36. The van der Waals surface area contributed by atoms with Crippen molar-refractivity contribution in [3.05, 3.63) is 29.7 Å². The number of benzene rings is 1. The Morgan fingerprint density at radius 3 is 3.19 bits per heavy atom.